The van der Waals surface area contributed by atoms with Crippen molar-refractivity contribution in [1.82, 2.24) is 15.3 Å². The van der Waals surface area contributed by atoms with Crippen molar-refractivity contribution in [2.45, 2.75) is 51.2 Å². The van der Waals surface area contributed by atoms with Crippen LogP contribution in [0.1, 0.15) is 38.4 Å². The molecule has 1 saturated carbocycles. The van der Waals surface area contributed by atoms with E-state index in [2.05, 4.69) is 15.3 Å². The van der Waals surface area contributed by atoms with Gasteiger partial charge in [0.15, 0.2) is 0 Å². The summed E-state index contributed by atoms with van der Waals surface area (Å²) in [4.78, 5) is 18.5. The average molecular weight is 251 g/mol. The van der Waals surface area contributed by atoms with Crippen LogP contribution in [0, 0.1) is 0 Å². The van der Waals surface area contributed by atoms with Gasteiger partial charge in [-0.25, -0.2) is 4.98 Å². The fourth-order valence-corrected chi connectivity index (χ4v) is 2.43. The summed E-state index contributed by atoms with van der Waals surface area (Å²) in [6.45, 7) is 1.96. The Morgan fingerprint density at radius 3 is 3.00 bits per heavy atom. The number of nitrogens with zero attached hydrogens (tertiary/aromatic N) is 1. The Morgan fingerprint density at radius 2 is 2.28 bits per heavy atom. The maximum atomic E-state index is 11.5. The summed E-state index contributed by atoms with van der Waals surface area (Å²) in [6, 6.07) is 1.78. The third-order valence-corrected chi connectivity index (χ3v) is 3.45. The van der Waals surface area contributed by atoms with Crippen molar-refractivity contribution in [3.05, 3.63) is 22.2 Å². The second-order valence-corrected chi connectivity index (χ2v) is 4.72. The third-order valence-electron chi connectivity index (χ3n) is 3.45. The molecule has 2 rings (SSSR count). The van der Waals surface area contributed by atoms with Gasteiger partial charge >= 0.3 is 0 Å². The summed E-state index contributed by atoms with van der Waals surface area (Å²) in [6.07, 6.45) is 5.35. The summed E-state index contributed by atoms with van der Waals surface area (Å²) in [7, 11) is 1.95. The summed E-state index contributed by atoms with van der Waals surface area (Å²) in [5, 5.41) is 3.28. The minimum atomic E-state index is -0.145. The smallest absolute Gasteiger partial charge is 0.254 e. The zero-order valence-corrected chi connectivity index (χ0v) is 11.0. The first-order valence-electron chi connectivity index (χ1n) is 6.67. The van der Waals surface area contributed by atoms with Crippen LogP contribution in [0.4, 0.5) is 0 Å². The largest absolute Gasteiger partial charge is 0.473 e. The molecule has 0 spiro atoms. The molecule has 0 aliphatic heterocycles. The Balaban J connectivity index is 2.12. The van der Waals surface area contributed by atoms with Crippen molar-refractivity contribution in [2.24, 2.45) is 0 Å². The molecule has 0 amide bonds. The molecule has 5 heteroatoms. The Hall–Kier alpha value is -1.36. The van der Waals surface area contributed by atoms with Crippen LogP contribution in [-0.4, -0.2) is 29.2 Å². The highest BCUT2D eigenvalue weighted by atomic mass is 16.5. The molecule has 1 heterocycles. The summed E-state index contributed by atoms with van der Waals surface area (Å²) < 4.78 is 5.89. The van der Waals surface area contributed by atoms with Gasteiger partial charge in [-0.05, 0) is 26.3 Å². The lowest BCUT2D eigenvalue weighted by molar-refractivity contribution is 0.112. The van der Waals surface area contributed by atoms with Gasteiger partial charge in [0.25, 0.3) is 5.56 Å². The summed E-state index contributed by atoms with van der Waals surface area (Å²) in [5.41, 5.74) is -0.145. The summed E-state index contributed by atoms with van der Waals surface area (Å²) >= 11 is 0. The van der Waals surface area contributed by atoms with E-state index in [0.717, 1.165) is 12.8 Å². The van der Waals surface area contributed by atoms with Gasteiger partial charge in [0.2, 0.25) is 5.88 Å². The molecule has 1 aromatic rings. The zero-order chi connectivity index (χ0) is 13.0. The molecule has 2 N–H and O–H groups in total. The molecule has 1 aliphatic carbocycles. The summed E-state index contributed by atoms with van der Waals surface area (Å²) in [5.74, 6) is 1.12. The molecule has 2 atom stereocenters. The van der Waals surface area contributed by atoms with Crippen molar-refractivity contribution < 1.29 is 4.74 Å². The van der Waals surface area contributed by atoms with Crippen LogP contribution in [0.3, 0.4) is 0 Å². The van der Waals surface area contributed by atoms with Crippen LogP contribution in [0.15, 0.2) is 10.9 Å². The molecule has 100 valence electrons. The van der Waals surface area contributed by atoms with Crippen LogP contribution in [0.5, 0.6) is 5.88 Å². The Labute approximate surface area is 107 Å². The highest BCUT2D eigenvalue weighted by Gasteiger charge is 2.25. The Bertz CT molecular complexity index is 444. The lowest BCUT2D eigenvalue weighted by atomic mass is 9.92. The van der Waals surface area contributed by atoms with Gasteiger partial charge < -0.3 is 15.0 Å². The van der Waals surface area contributed by atoms with Gasteiger partial charge in [0, 0.05) is 12.5 Å². The minimum absolute atomic E-state index is 0.114. The van der Waals surface area contributed by atoms with Gasteiger partial charge in [-0.2, -0.15) is 0 Å². The van der Waals surface area contributed by atoms with Crippen LogP contribution in [0.2, 0.25) is 0 Å². The maximum Gasteiger partial charge on any atom is 0.254 e. The van der Waals surface area contributed by atoms with E-state index < -0.39 is 0 Å². The zero-order valence-electron chi connectivity index (χ0n) is 11.0. The van der Waals surface area contributed by atoms with Gasteiger partial charge in [-0.15, -0.1) is 0 Å². The van der Waals surface area contributed by atoms with Crippen molar-refractivity contribution in [2.75, 3.05) is 7.05 Å². The Kier molecular flexibility index (Phi) is 4.36. The third kappa shape index (κ3) is 3.10. The Morgan fingerprint density at radius 1 is 1.50 bits per heavy atom. The molecule has 2 unspecified atom stereocenters. The predicted octanol–water partition coefficient (Wildman–Crippen LogP) is 1.24. The standard InChI is InChI=1S/C13H21N3O2/c1-3-11-15-12(17)8-13(16-11)18-10-7-5-4-6-9(10)14-2/h8-10,14H,3-7H2,1-2H3,(H,15,16,17). The van der Waals surface area contributed by atoms with Gasteiger partial charge in [-0.1, -0.05) is 13.3 Å². The highest BCUT2D eigenvalue weighted by Crippen LogP contribution is 2.22. The lowest BCUT2D eigenvalue weighted by Crippen LogP contribution is -2.43. The first kappa shape index (κ1) is 13.1. The number of aryl methyl sites for hydroxylation is 1. The first-order chi connectivity index (χ1) is 8.72. The molecule has 1 fully saturated rings. The van der Waals surface area contributed by atoms with Gasteiger partial charge in [0.1, 0.15) is 11.9 Å². The van der Waals surface area contributed by atoms with E-state index in [1.807, 2.05) is 14.0 Å². The van der Waals surface area contributed by atoms with Crippen molar-refractivity contribution in [1.29, 1.82) is 0 Å². The number of ether oxygens (including phenoxy) is 1. The highest BCUT2D eigenvalue weighted by molar-refractivity contribution is 5.10. The molecule has 5 nitrogen and oxygen atoms in total. The maximum absolute atomic E-state index is 11.5. The molecular weight excluding hydrogens is 230 g/mol. The lowest BCUT2D eigenvalue weighted by Gasteiger charge is -2.31. The monoisotopic (exact) mass is 251 g/mol. The van der Waals surface area contributed by atoms with Crippen LogP contribution >= 0.6 is 0 Å². The van der Waals surface area contributed by atoms with Crippen molar-refractivity contribution >= 4 is 0 Å². The molecule has 1 aromatic heterocycles. The van der Waals surface area contributed by atoms with Crippen LogP contribution in [-0.2, 0) is 6.42 Å². The number of H-pyrrole nitrogens is 1. The number of hydrogen-bond acceptors (Lipinski definition) is 4. The molecule has 18 heavy (non-hydrogen) atoms. The van der Waals surface area contributed by atoms with E-state index in [1.165, 1.54) is 18.9 Å². The first-order valence-corrected chi connectivity index (χ1v) is 6.67. The topological polar surface area (TPSA) is 67.0 Å². The van der Waals surface area contributed by atoms with Gasteiger partial charge in [-0.3, -0.25) is 4.79 Å². The fourth-order valence-electron chi connectivity index (χ4n) is 2.43. The van der Waals surface area contributed by atoms with E-state index in [0.29, 0.717) is 24.2 Å². The molecule has 0 saturated heterocycles. The minimum Gasteiger partial charge on any atom is -0.473 e. The van der Waals surface area contributed by atoms with Crippen molar-refractivity contribution in [3.63, 3.8) is 0 Å². The quantitative estimate of drug-likeness (QED) is 0.845. The fraction of sp³-hybridized carbons (Fsp3) is 0.692. The number of nitrogens with one attached hydrogen (secondary N) is 2. The van der Waals surface area contributed by atoms with Crippen molar-refractivity contribution in [3.8, 4) is 5.88 Å². The van der Waals surface area contributed by atoms with Gasteiger partial charge in [0.05, 0.1) is 6.07 Å². The molecule has 0 radical (unpaired) electrons. The normalized spacial score (nSPS) is 23.9. The molecule has 0 aromatic carbocycles. The molecule has 0 bridgehead atoms. The number of aromatic nitrogens is 2. The number of hydrogen-bond donors (Lipinski definition) is 2. The average Bonchev–Trinajstić information content (AvgIpc) is 2.38. The number of likely N-dealkylation sites (N-methyl/N-ethyl adjacent to an activating group) is 1. The van der Waals surface area contributed by atoms with E-state index >= 15 is 0 Å². The predicted molar refractivity (Wildman–Crippen MR) is 70.0 cm³/mol. The number of rotatable bonds is 4. The molecular formula is C13H21N3O2. The van der Waals surface area contributed by atoms with E-state index in [1.54, 1.807) is 0 Å². The SMILES string of the molecule is CCc1nc(OC2CCCCC2NC)cc(=O)[nH]1. The van der Waals surface area contributed by atoms with E-state index in [4.69, 9.17) is 4.74 Å². The van der Waals surface area contributed by atoms with Crippen LogP contribution < -0.4 is 15.6 Å². The number of aromatic amines is 1. The van der Waals surface area contributed by atoms with E-state index in [9.17, 15) is 4.79 Å². The second kappa shape index (κ2) is 6.00. The second-order valence-electron chi connectivity index (χ2n) is 4.72. The van der Waals surface area contributed by atoms with Crippen LogP contribution in [0.25, 0.3) is 0 Å². The molecule has 1 aliphatic rings. The van der Waals surface area contributed by atoms with E-state index in [-0.39, 0.29) is 11.7 Å².